The summed E-state index contributed by atoms with van der Waals surface area (Å²) in [6.45, 7) is 0. The molecule has 3 heterocycles. The summed E-state index contributed by atoms with van der Waals surface area (Å²) in [6.07, 6.45) is 5.75. The molecule has 2 aromatic heterocycles. The monoisotopic (exact) mass is 1100 g/mol. The Morgan fingerprint density at radius 2 is 0.605 bits per heavy atom. The molecule has 0 spiro atoms. The van der Waals surface area contributed by atoms with E-state index in [0.717, 1.165) is 85.8 Å². The summed E-state index contributed by atoms with van der Waals surface area (Å²) in [5.41, 5.74) is 22.0. The number of para-hydroxylation sites is 2. The van der Waals surface area contributed by atoms with Gasteiger partial charge < -0.3 is 4.90 Å². The summed E-state index contributed by atoms with van der Waals surface area (Å²) in [4.78, 5) is 23.6. The van der Waals surface area contributed by atoms with Gasteiger partial charge in [0.25, 0.3) is 0 Å². The minimum atomic E-state index is -0.519. The van der Waals surface area contributed by atoms with Crippen molar-refractivity contribution >= 4 is 17.1 Å². The summed E-state index contributed by atoms with van der Waals surface area (Å²) >= 11 is 0. The van der Waals surface area contributed by atoms with Crippen molar-refractivity contribution in [1.82, 2.24) is 19.9 Å². The van der Waals surface area contributed by atoms with Gasteiger partial charge >= 0.3 is 0 Å². The molecule has 0 N–H and O–H groups in total. The minimum absolute atomic E-state index is 0.152. The van der Waals surface area contributed by atoms with Crippen molar-refractivity contribution < 1.29 is 0 Å². The maximum atomic E-state index is 5.36. The average Bonchev–Trinajstić information content (AvgIpc) is 0.815. The van der Waals surface area contributed by atoms with Crippen LogP contribution in [0.25, 0.3) is 78.9 Å². The lowest BCUT2D eigenvalue weighted by Gasteiger charge is -2.46. The molecular weight excluding hydrogens is 1040 g/mol. The average molecular weight is 1100 g/mol. The molecular formula is C81H61N5. The first kappa shape index (κ1) is 52.2. The van der Waals surface area contributed by atoms with E-state index >= 15 is 0 Å². The predicted molar refractivity (Wildman–Crippen MR) is 353 cm³/mol. The zero-order chi connectivity index (χ0) is 57.3. The van der Waals surface area contributed by atoms with Crippen LogP contribution in [0.1, 0.15) is 65.5 Å². The van der Waals surface area contributed by atoms with Gasteiger partial charge in [0.05, 0.1) is 39.6 Å². The van der Waals surface area contributed by atoms with Crippen molar-refractivity contribution in [2.75, 3.05) is 4.90 Å². The van der Waals surface area contributed by atoms with E-state index in [9.17, 15) is 0 Å². The van der Waals surface area contributed by atoms with Crippen LogP contribution in [0.15, 0.2) is 309 Å². The van der Waals surface area contributed by atoms with Gasteiger partial charge in [-0.15, -0.1) is 0 Å². The third-order valence-corrected chi connectivity index (χ3v) is 17.8. The van der Waals surface area contributed by atoms with Crippen molar-refractivity contribution in [3.8, 4) is 78.9 Å². The maximum absolute atomic E-state index is 5.36. The fourth-order valence-corrected chi connectivity index (χ4v) is 13.7. The molecule has 1 aliphatic heterocycles. The zero-order valence-corrected chi connectivity index (χ0v) is 47.7. The molecule has 0 saturated heterocycles. The number of hydrogen-bond acceptors (Lipinski definition) is 5. The van der Waals surface area contributed by atoms with Gasteiger partial charge in [-0.2, -0.15) is 0 Å². The number of anilines is 3. The highest BCUT2D eigenvalue weighted by molar-refractivity contribution is 5.90. The summed E-state index contributed by atoms with van der Waals surface area (Å²) in [7, 11) is 0. The van der Waals surface area contributed by atoms with Crippen molar-refractivity contribution in [2.45, 2.75) is 42.9 Å². The molecule has 86 heavy (non-hydrogen) atoms. The molecule has 0 unspecified atom stereocenters. The molecule has 1 fully saturated rings. The second-order valence-corrected chi connectivity index (χ2v) is 22.8. The molecule has 13 aromatic rings. The van der Waals surface area contributed by atoms with Gasteiger partial charge in [-0.3, -0.25) is 0 Å². The first-order chi connectivity index (χ1) is 42.6. The Morgan fingerprint density at radius 3 is 1.03 bits per heavy atom. The topological polar surface area (TPSA) is 54.8 Å². The van der Waals surface area contributed by atoms with E-state index in [2.05, 4.69) is 266 Å². The molecule has 0 radical (unpaired) electrons. The third-order valence-electron chi connectivity index (χ3n) is 17.8. The van der Waals surface area contributed by atoms with Gasteiger partial charge in [0.1, 0.15) is 0 Å². The van der Waals surface area contributed by atoms with Gasteiger partial charge in [-0.05, 0) is 112 Å². The summed E-state index contributed by atoms with van der Waals surface area (Å²) in [5.74, 6) is 1.34. The van der Waals surface area contributed by atoms with Crippen LogP contribution >= 0.6 is 0 Å². The standard InChI is InChI=1S/C81H61N5/c1-8-26-58(27-9-1)72-55-74(84-78(82-72)60-30-12-3-13-31-60)63-52-62(53-64(54-63)75-56-73(59-28-10-2-11-29-59)83-79(85-75)61-32-14-4-15-33-61)57-42-44-65(45-43-57)80(50-24-7-25-51-80)66-46-48-69(49-47-66)86-76-40-22-20-38-70(76)81(67-34-16-5-17-35-67,68-36-18-6-19-37-68)71-39-21-23-41-77(71)86/h1-6,8-23,26-49,52-56H,7,24-25,50-51H2. The van der Waals surface area contributed by atoms with Gasteiger partial charge in [-0.25, -0.2) is 19.9 Å². The summed E-state index contributed by atoms with van der Waals surface area (Å²) in [6, 6.07) is 112. The molecule has 1 saturated carbocycles. The van der Waals surface area contributed by atoms with E-state index in [1.807, 2.05) is 48.5 Å². The third kappa shape index (κ3) is 9.48. The van der Waals surface area contributed by atoms with Gasteiger partial charge in [0.2, 0.25) is 0 Å². The van der Waals surface area contributed by atoms with Crippen LogP contribution in [0.2, 0.25) is 0 Å². The van der Waals surface area contributed by atoms with Crippen LogP contribution < -0.4 is 4.90 Å². The van der Waals surface area contributed by atoms with Crippen molar-refractivity contribution in [2.24, 2.45) is 0 Å². The quantitative estimate of drug-likeness (QED) is 0.122. The highest BCUT2D eigenvalue weighted by Crippen LogP contribution is 2.58. The molecule has 0 atom stereocenters. The maximum Gasteiger partial charge on any atom is 0.160 e. The Hall–Kier alpha value is -10.6. The van der Waals surface area contributed by atoms with Crippen LogP contribution in [0, 0.1) is 0 Å². The number of nitrogens with zero attached hydrogens (tertiary/aromatic N) is 5. The Morgan fingerprint density at radius 1 is 0.256 bits per heavy atom. The van der Waals surface area contributed by atoms with Gasteiger partial charge in [-0.1, -0.05) is 274 Å². The number of benzene rings is 11. The van der Waals surface area contributed by atoms with E-state index in [-0.39, 0.29) is 5.41 Å². The fourth-order valence-electron chi connectivity index (χ4n) is 13.7. The molecule has 15 rings (SSSR count). The lowest BCUT2D eigenvalue weighted by atomic mass is 9.62. The number of hydrogen-bond donors (Lipinski definition) is 0. The SMILES string of the molecule is c1ccc(-c2cc(-c3cc(-c4ccc(C5(c6ccc(N7c8ccccc8C(c8ccccc8)(c8ccccc8)c8ccccc87)cc6)CCCCC5)cc4)cc(-c4cc(-c5ccccc5)nc(-c5ccccc5)n4)c3)nc(-c3ccccc3)n2)cc1. The molecule has 11 aromatic carbocycles. The van der Waals surface area contributed by atoms with Crippen LogP contribution in [0.4, 0.5) is 17.1 Å². The molecule has 2 aliphatic rings. The highest BCUT2D eigenvalue weighted by atomic mass is 15.2. The normalized spacial score (nSPS) is 14.0. The van der Waals surface area contributed by atoms with Crippen LogP contribution in [-0.4, -0.2) is 19.9 Å². The molecule has 1 aliphatic carbocycles. The van der Waals surface area contributed by atoms with E-state index in [0.29, 0.717) is 11.6 Å². The van der Waals surface area contributed by atoms with E-state index in [4.69, 9.17) is 19.9 Å². The lowest BCUT2D eigenvalue weighted by Crippen LogP contribution is -2.37. The first-order valence-corrected chi connectivity index (χ1v) is 30.1. The Labute approximate surface area is 503 Å². The van der Waals surface area contributed by atoms with E-state index in [1.54, 1.807) is 0 Å². The van der Waals surface area contributed by atoms with Gasteiger partial charge in [0, 0.05) is 44.5 Å². The smallest absolute Gasteiger partial charge is 0.160 e. The lowest BCUT2D eigenvalue weighted by molar-refractivity contribution is 0.346. The Kier molecular flexibility index (Phi) is 13.7. The van der Waals surface area contributed by atoms with Gasteiger partial charge in [0.15, 0.2) is 11.6 Å². The van der Waals surface area contributed by atoms with E-state index < -0.39 is 5.41 Å². The Balaban J connectivity index is 0.843. The predicted octanol–water partition coefficient (Wildman–Crippen LogP) is 20.4. The largest absolute Gasteiger partial charge is 0.310 e. The number of rotatable bonds is 12. The van der Waals surface area contributed by atoms with E-state index in [1.165, 1.54) is 64.0 Å². The fraction of sp³-hybridized carbons (Fsp3) is 0.0864. The molecule has 0 amide bonds. The zero-order valence-electron chi connectivity index (χ0n) is 47.7. The number of fused-ring (bicyclic) bond motifs is 2. The molecule has 0 bridgehead atoms. The molecule has 410 valence electrons. The Bertz CT molecular complexity index is 4160. The summed E-state index contributed by atoms with van der Waals surface area (Å²) in [5, 5.41) is 0. The second-order valence-electron chi connectivity index (χ2n) is 22.8. The van der Waals surface area contributed by atoms with Crippen LogP contribution in [0.5, 0.6) is 0 Å². The highest BCUT2D eigenvalue weighted by Gasteiger charge is 2.46. The summed E-state index contributed by atoms with van der Waals surface area (Å²) < 4.78 is 0. The minimum Gasteiger partial charge on any atom is -0.310 e. The van der Waals surface area contributed by atoms with Crippen molar-refractivity contribution in [3.05, 3.63) is 343 Å². The van der Waals surface area contributed by atoms with Crippen molar-refractivity contribution in [1.29, 1.82) is 0 Å². The number of aromatic nitrogens is 4. The molecule has 5 heteroatoms. The molecule has 5 nitrogen and oxygen atoms in total. The van der Waals surface area contributed by atoms with Crippen molar-refractivity contribution in [3.63, 3.8) is 0 Å². The first-order valence-electron chi connectivity index (χ1n) is 30.1. The van der Waals surface area contributed by atoms with Crippen LogP contribution in [0.3, 0.4) is 0 Å². The van der Waals surface area contributed by atoms with Crippen LogP contribution in [-0.2, 0) is 10.8 Å². The second kappa shape index (κ2) is 22.5.